The van der Waals surface area contributed by atoms with E-state index in [2.05, 4.69) is 5.43 Å². The van der Waals surface area contributed by atoms with Crippen LogP contribution in [0.3, 0.4) is 0 Å². The van der Waals surface area contributed by atoms with Crippen molar-refractivity contribution >= 4 is 0 Å². The van der Waals surface area contributed by atoms with Crippen molar-refractivity contribution in [3.05, 3.63) is 0 Å². The zero-order valence-electron chi connectivity index (χ0n) is 6.43. The molecule has 0 saturated carbocycles. The van der Waals surface area contributed by atoms with E-state index in [-0.39, 0.29) is 0 Å². The summed E-state index contributed by atoms with van der Waals surface area (Å²) in [5, 5.41) is 0. The maximum atomic E-state index is 5.11. The largest absolute Gasteiger partial charge is 0.379 e. The fourth-order valence-corrected chi connectivity index (χ4v) is 0.495. The van der Waals surface area contributed by atoms with Crippen LogP contribution in [-0.2, 0) is 9.47 Å². The van der Waals surface area contributed by atoms with Crippen molar-refractivity contribution in [1.82, 2.24) is 5.43 Å². The predicted molar refractivity (Wildman–Crippen MR) is 39.5 cm³/mol. The van der Waals surface area contributed by atoms with E-state index in [1.807, 2.05) is 6.92 Å². The molecule has 0 aromatic rings. The predicted octanol–water partition coefficient (Wildman–Crippen LogP) is -0.497. The SMILES string of the molecule is CCOCCOCCNN. The van der Waals surface area contributed by atoms with Gasteiger partial charge in [-0.15, -0.1) is 0 Å². The summed E-state index contributed by atoms with van der Waals surface area (Å²) in [6, 6.07) is 0. The van der Waals surface area contributed by atoms with Gasteiger partial charge in [-0.2, -0.15) is 0 Å². The lowest BCUT2D eigenvalue weighted by atomic mass is 10.7. The second kappa shape index (κ2) is 8.84. The van der Waals surface area contributed by atoms with Crippen molar-refractivity contribution in [3.8, 4) is 0 Å². The molecule has 0 aromatic heterocycles. The first-order chi connectivity index (χ1) is 4.91. The minimum Gasteiger partial charge on any atom is -0.379 e. The quantitative estimate of drug-likeness (QED) is 0.290. The summed E-state index contributed by atoms with van der Waals surface area (Å²) < 4.78 is 10.1. The molecule has 0 amide bonds. The highest BCUT2D eigenvalue weighted by Crippen LogP contribution is 1.75. The van der Waals surface area contributed by atoms with Gasteiger partial charge < -0.3 is 9.47 Å². The standard InChI is InChI=1S/C6H16N2O2/c1-2-9-5-6-10-4-3-8-7/h8H,2-7H2,1H3. The molecule has 0 radical (unpaired) electrons. The molecule has 0 unspecified atom stereocenters. The minimum absolute atomic E-state index is 0.642. The molecule has 0 aromatic carbocycles. The summed E-state index contributed by atoms with van der Waals surface area (Å²) >= 11 is 0. The third-order valence-corrected chi connectivity index (χ3v) is 0.967. The number of nitrogens with two attached hydrogens (primary N) is 1. The van der Waals surface area contributed by atoms with Crippen LogP contribution in [0.5, 0.6) is 0 Å². The maximum absolute atomic E-state index is 5.11. The average Bonchev–Trinajstić information content (AvgIpc) is 1.97. The topological polar surface area (TPSA) is 56.5 Å². The highest BCUT2D eigenvalue weighted by atomic mass is 16.5. The van der Waals surface area contributed by atoms with Crippen LogP contribution in [0.4, 0.5) is 0 Å². The Hall–Kier alpha value is -0.160. The van der Waals surface area contributed by atoms with Gasteiger partial charge in [0, 0.05) is 13.2 Å². The van der Waals surface area contributed by atoms with Gasteiger partial charge in [0.25, 0.3) is 0 Å². The molecular formula is C6H16N2O2. The van der Waals surface area contributed by atoms with Gasteiger partial charge in [-0.05, 0) is 6.92 Å². The number of hydrogen-bond donors (Lipinski definition) is 2. The second-order valence-electron chi connectivity index (χ2n) is 1.76. The van der Waals surface area contributed by atoms with E-state index in [1.165, 1.54) is 0 Å². The number of hydrogen-bond acceptors (Lipinski definition) is 4. The van der Waals surface area contributed by atoms with Crippen LogP contribution in [-0.4, -0.2) is 33.0 Å². The number of ether oxygens (including phenoxy) is 2. The zero-order chi connectivity index (χ0) is 7.66. The molecule has 4 heteroatoms. The highest BCUT2D eigenvalue weighted by molar-refractivity contribution is 4.33. The lowest BCUT2D eigenvalue weighted by Gasteiger charge is -2.02. The summed E-state index contributed by atoms with van der Waals surface area (Å²) in [5.74, 6) is 5.01. The second-order valence-corrected chi connectivity index (χ2v) is 1.76. The first kappa shape index (κ1) is 9.84. The Morgan fingerprint density at radius 2 is 1.90 bits per heavy atom. The van der Waals surface area contributed by atoms with E-state index < -0.39 is 0 Å². The molecule has 0 aliphatic heterocycles. The number of rotatable bonds is 7. The van der Waals surface area contributed by atoms with Crippen LogP contribution in [0.2, 0.25) is 0 Å². The Morgan fingerprint density at radius 3 is 2.50 bits per heavy atom. The first-order valence-electron chi connectivity index (χ1n) is 3.50. The monoisotopic (exact) mass is 148 g/mol. The maximum Gasteiger partial charge on any atom is 0.0701 e. The van der Waals surface area contributed by atoms with Gasteiger partial charge in [0.1, 0.15) is 0 Å². The molecule has 0 rings (SSSR count). The summed E-state index contributed by atoms with van der Waals surface area (Å²) in [6.07, 6.45) is 0. The third kappa shape index (κ3) is 7.84. The van der Waals surface area contributed by atoms with E-state index in [0.717, 1.165) is 6.61 Å². The van der Waals surface area contributed by atoms with E-state index >= 15 is 0 Å². The molecule has 10 heavy (non-hydrogen) atoms. The van der Waals surface area contributed by atoms with Crippen molar-refractivity contribution < 1.29 is 9.47 Å². The van der Waals surface area contributed by atoms with E-state index in [9.17, 15) is 0 Å². The molecule has 0 fully saturated rings. The van der Waals surface area contributed by atoms with Crippen LogP contribution in [0, 0.1) is 0 Å². The van der Waals surface area contributed by atoms with Crippen molar-refractivity contribution in [3.63, 3.8) is 0 Å². The highest BCUT2D eigenvalue weighted by Gasteiger charge is 1.85. The van der Waals surface area contributed by atoms with Crippen molar-refractivity contribution in [2.45, 2.75) is 6.92 Å². The van der Waals surface area contributed by atoms with Gasteiger partial charge in [0.2, 0.25) is 0 Å². The van der Waals surface area contributed by atoms with Gasteiger partial charge >= 0.3 is 0 Å². The van der Waals surface area contributed by atoms with Crippen molar-refractivity contribution in [2.75, 3.05) is 33.0 Å². The summed E-state index contributed by atoms with van der Waals surface area (Å²) in [6.45, 7) is 5.35. The third-order valence-electron chi connectivity index (χ3n) is 0.967. The molecule has 4 nitrogen and oxygen atoms in total. The molecule has 0 aliphatic rings. The Morgan fingerprint density at radius 1 is 1.20 bits per heavy atom. The Labute approximate surface area is 61.7 Å². The van der Waals surface area contributed by atoms with Crippen LogP contribution in [0.15, 0.2) is 0 Å². The van der Waals surface area contributed by atoms with Crippen LogP contribution in [0.25, 0.3) is 0 Å². The molecule has 62 valence electrons. The summed E-state index contributed by atoms with van der Waals surface area (Å²) in [4.78, 5) is 0. The lowest BCUT2D eigenvalue weighted by Crippen LogP contribution is -2.26. The molecule has 0 bridgehead atoms. The Kier molecular flexibility index (Phi) is 8.70. The molecule has 0 aliphatic carbocycles. The molecule has 0 spiro atoms. The van der Waals surface area contributed by atoms with Gasteiger partial charge in [-0.1, -0.05) is 0 Å². The van der Waals surface area contributed by atoms with Gasteiger partial charge in [-0.3, -0.25) is 11.3 Å². The first-order valence-corrected chi connectivity index (χ1v) is 3.50. The van der Waals surface area contributed by atoms with E-state index in [1.54, 1.807) is 0 Å². The van der Waals surface area contributed by atoms with Crippen LogP contribution < -0.4 is 11.3 Å². The van der Waals surface area contributed by atoms with Crippen molar-refractivity contribution in [2.24, 2.45) is 5.84 Å². The minimum atomic E-state index is 0.642. The smallest absolute Gasteiger partial charge is 0.0701 e. The van der Waals surface area contributed by atoms with Gasteiger partial charge in [0.15, 0.2) is 0 Å². The Balaban J connectivity index is 2.65. The molecule has 0 atom stereocenters. The normalized spacial score (nSPS) is 10.2. The van der Waals surface area contributed by atoms with Gasteiger partial charge in [0.05, 0.1) is 19.8 Å². The van der Waals surface area contributed by atoms with Crippen molar-refractivity contribution in [1.29, 1.82) is 0 Å². The average molecular weight is 148 g/mol. The van der Waals surface area contributed by atoms with Gasteiger partial charge in [-0.25, -0.2) is 0 Å². The molecule has 0 saturated heterocycles. The summed E-state index contributed by atoms with van der Waals surface area (Å²) in [7, 11) is 0. The fourth-order valence-electron chi connectivity index (χ4n) is 0.495. The van der Waals surface area contributed by atoms with E-state index in [4.69, 9.17) is 15.3 Å². The van der Waals surface area contributed by atoms with E-state index in [0.29, 0.717) is 26.4 Å². The lowest BCUT2D eigenvalue weighted by molar-refractivity contribution is 0.0540. The number of nitrogens with one attached hydrogen (secondary N) is 1. The zero-order valence-corrected chi connectivity index (χ0v) is 6.43. The summed E-state index contributed by atoms with van der Waals surface area (Å²) in [5.41, 5.74) is 2.49. The Bertz CT molecular complexity index is 53.7. The number of hydrazine groups is 1. The molecular weight excluding hydrogens is 132 g/mol. The molecule has 3 N–H and O–H groups in total. The van der Waals surface area contributed by atoms with Crippen LogP contribution >= 0.6 is 0 Å². The fraction of sp³-hybridized carbons (Fsp3) is 1.00. The van der Waals surface area contributed by atoms with Crippen LogP contribution in [0.1, 0.15) is 6.92 Å². The molecule has 0 heterocycles.